The molecule has 1 unspecified atom stereocenters. The topological polar surface area (TPSA) is 72.9 Å². The highest BCUT2D eigenvalue weighted by Crippen LogP contribution is 2.30. The first-order valence-corrected chi connectivity index (χ1v) is 16.8. The molecule has 4 aromatic rings. The van der Waals surface area contributed by atoms with Gasteiger partial charge in [0.05, 0.1) is 11.8 Å². The van der Waals surface area contributed by atoms with Gasteiger partial charge in [-0.3, -0.25) is 14.5 Å². The number of aromatic nitrogens is 2. The van der Waals surface area contributed by atoms with E-state index in [4.69, 9.17) is 16.6 Å². The average molecular weight is 659 g/mol. The van der Waals surface area contributed by atoms with Crippen LogP contribution in [0.3, 0.4) is 0 Å². The van der Waals surface area contributed by atoms with E-state index in [0.29, 0.717) is 54.4 Å². The number of piperazine rings is 2. The van der Waals surface area contributed by atoms with E-state index in [1.165, 1.54) is 35.0 Å². The summed E-state index contributed by atoms with van der Waals surface area (Å²) in [6.07, 6.45) is 0. The van der Waals surface area contributed by atoms with Crippen LogP contribution < -0.4 is 4.90 Å². The number of benzene rings is 3. The van der Waals surface area contributed by atoms with E-state index < -0.39 is 5.82 Å². The lowest BCUT2D eigenvalue weighted by Crippen LogP contribution is -2.54. The number of hydrogen-bond donors (Lipinski definition) is 0. The Morgan fingerprint density at radius 2 is 1.54 bits per heavy atom. The molecule has 1 aromatic heterocycles. The van der Waals surface area contributed by atoms with Gasteiger partial charge in [0.2, 0.25) is 5.91 Å². The van der Waals surface area contributed by atoms with E-state index in [1.54, 1.807) is 23.1 Å². The first-order valence-electron chi connectivity index (χ1n) is 15.5. The van der Waals surface area contributed by atoms with Gasteiger partial charge in [-0.05, 0) is 36.2 Å². The van der Waals surface area contributed by atoms with Crippen LogP contribution >= 0.6 is 23.4 Å². The van der Waals surface area contributed by atoms with Gasteiger partial charge in [-0.25, -0.2) is 14.4 Å². The summed E-state index contributed by atoms with van der Waals surface area (Å²) < 4.78 is 13.7. The van der Waals surface area contributed by atoms with Gasteiger partial charge in [-0.15, -0.1) is 0 Å². The van der Waals surface area contributed by atoms with Gasteiger partial charge in [-0.2, -0.15) is 0 Å². The maximum absolute atomic E-state index is 13.7. The summed E-state index contributed by atoms with van der Waals surface area (Å²) in [4.78, 5) is 43.6. The fraction of sp³-hybridized carbons (Fsp3) is 0.314. The SMILES string of the molecule is CC1CN(c2cc(Cl)nc(SCC(=O)N3CCN(C(c4ccccc4)c4ccccc4)CC3)n2)CCN1C(=O)c1cccc(F)c1. The molecular formula is C35H36ClFN6O2S. The van der Waals surface area contributed by atoms with Crippen molar-refractivity contribution in [1.29, 1.82) is 0 Å². The van der Waals surface area contributed by atoms with Crippen molar-refractivity contribution in [2.75, 3.05) is 56.5 Å². The molecule has 2 aliphatic heterocycles. The molecule has 2 aliphatic rings. The summed E-state index contributed by atoms with van der Waals surface area (Å²) in [7, 11) is 0. The summed E-state index contributed by atoms with van der Waals surface area (Å²) in [5.74, 6) is 0.286. The molecule has 0 N–H and O–H groups in total. The van der Waals surface area contributed by atoms with Crippen LogP contribution in [0.4, 0.5) is 10.2 Å². The van der Waals surface area contributed by atoms with Crippen molar-refractivity contribution in [3.8, 4) is 0 Å². The molecule has 2 saturated heterocycles. The Balaban J connectivity index is 1.04. The molecule has 3 heterocycles. The number of hydrogen-bond acceptors (Lipinski definition) is 7. The fourth-order valence-corrected chi connectivity index (χ4v) is 7.18. The number of rotatable bonds is 8. The lowest BCUT2D eigenvalue weighted by atomic mass is 9.96. The van der Waals surface area contributed by atoms with Crippen LogP contribution in [0.1, 0.15) is 34.5 Å². The molecule has 3 aromatic carbocycles. The molecule has 8 nitrogen and oxygen atoms in total. The molecule has 0 saturated carbocycles. The molecule has 46 heavy (non-hydrogen) atoms. The van der Waals surface area contributed by atoms with Crippen LogP contribution in [0.25, 0.3) is 0 Å². The zero-order valence-electron chi connectivity index (χ0n) is 25.6. The van der Waals surface area contributed by atoms with Crippen LogP contribution in [0.5, 0.6) is 0 Å². The lowest BCUT2D eigenvalue weighted by Gasteiger charge is -2.40. The van der Waals surface area contributed by atoms with Crippen molar-refractivity contribution in [3.05, 3.63) is 119 Å². The van der Waals surface area contributed by atoms with Crippen molar-refractivity contribution in [2.45, 2.75) is 24.2 Å². The first-order chi connectivity index (χ1) is 22.4. The summed E-state index contributed by atoms with van der Waals surface area (Å²) in [6.45, 7) is 6.33. The van der Waals surface area contributed by atoms with E-state index in [1.807, 2.05) is 24.0 Å². The van der Waals surface area contributed by atoms with Crippen molar-refractivity contribution in [3.63, 3.8) is 0 Å². The number of amides is 2. The van der Waals surface area contributed by atoms with Crippen molar-refractivity contribution in [2.24, 2.45) is 0 Å². The number of nitrogens with zero attached hydrogens (tertiary/aromatic N) is 6. The van der Waals surface area contributed by atoms with Gasteiger partial charge in [-0.1, -0.05) is 90.1 Å². The van der Waals surface area contributed by atoms with Gasteiger partial charge >= 0.3 is 0 Å². The molecule has 6 rings (SSSR count). The molecule has 0 bridgehead atoms. The van der Waals surface area contributed by atoms with E-state index >= 15 is 0 Å². The number of anilines is 1. The van der Waals surface area contributed by atoms with Gasteiger partial charge in [0.25, 0.3) is 5.91 Å². The second-order valence-corrected chi connectivity index (χ2v) is 12.9. The minimum absolute atomic E-state index is 0.0452. The zero-order valence-corrected chi connectivity index (χ0v) is 27.2. The third-order valence-corrected chi connectivity index (χ3v) is 9.56. The molecule has 0 aliphatic carbocycles. The quantitative estimate of drug-likeness (QED) is 0.138. The highest BCUT2D eigenvalue weighted by molar-refractivity contribution is 7.99. The molecule has 2 fully saturated rings. The summed E-state index contributed by atoms with van der Waals surface area (Å²) in [5, 5.41) is 0.737. The highest BCUT2D eigenvalue weighted by Gasteiger charge is 2.30. The molecule has 1 atom stereocenters. The lowest BCUT2D eigenvalue weighted by molar-refractivity contribution is -0.130. The molecule has 0 radical (unpaired) electrons. The Morgan fingerprint density at radius 1 is 0.870 bits per heavy atom. The minimum Gasteiger partial charge on any atom is -0.353 e. The van der Waals surface area contributed by atoms with Gasteiger partial charge in [0.15, 0.2) is 5.16 Å². The number of carbonyl (C=O) groups is 2. The van der Waals surface area contributed by atoms with Crippen LogP contribution in [0, 0.1) is 5.82 Å². The summed E-state index contributed by atoms with van der Waals surface area (Å²) >= 11 is 7.68. The number of thioether (sulfide) groups is 1. The Labute approximate surface area is 278 Å². The summed E-state index contributed by atoms with van der Waals surface area (Å²) in [5.41, 5.74) is 2.82. The predicted molar refractivity (Wildman–Crippen MR) is 180 cm³/mol. The third-order valence-electron chi connectivity index (χ3n) is 8.53. The standard InChI is InChI=1S/C35H36ClFN6O2S/c1-25-23-42(19-20-43(25)34(45)28-13-8-14-29(37)21-28)31-22-30(36)38-35(39-31)46-24-32(44)40-15-17-41(18-16-40)33(26-9-4-2-5-10-26)27-11-6-3-7-12-27/h2-14,21-22,25,33H,15-20,23-24H2,1H3. The Kier molecular flexibility index (Phi) is 10.2. The number of halogens is 2. The highest BCUT2D eigenvalue weighted by atomic mass is 35.5. The van der Waals surface area contributed by atoms with Crippen molar-refractivity contribution >= 4 is 41.0 Å². The maximum atomic E-state index is 13.7. The molecule has 0 spiro atoms. The van der Waals surface area contributed by atoms with Crippen molar-refractivity contribution < 1.29 is 14.0 Å². The predicted octanol–water partition coefficient (Wildman–Crippen LogP) is 5.65. The first kappa shape index (κ1) is 32.0. The summed E-state index contributed by atoms with van der Waals surface area (Å²) in [6, 6.07) is 28.5. The van der Waals surface area contributed by atoms with Gasteiger partial charge < -0.3 is 14.7 Å². The van der Waals surface area contributed by atoms with E-state index in [2.05, 4.69) is 63.3 Å². The Morgan fingerprint density at radius 3 is 2.17 bits per heavy atom. The zero-order chi connectivity index (χ0) is 32.0. The largest absolute Gasteiger partial charge is 0.353 e. The third kappa shape index (κ3) is 7.52. The molecule has 2 amide bonds. The smallest absolute Gasteiger partial charge is 0.254 e. The van der Waals surface area contributed by atoms with Crippen LogP contribution in [-0.2, 0) is 4.79 Å². The average Bonchev–Trinajstić information content (AvgIpc) is 3.08. The van der Waals surface area contributed by atoms with Crippen molar-refractivity contribution in [1.82, 2.24) is 24.7 Å². The molecule has 238 valence electrons. The van der Waals surface area contributed by atoms with E-state index in [0.717, 1.165) is 13.1 Å². The van der Waals surface area contributed by atoms with Gasteiger partial charge in [0.1, 0.15) is 16.8 Å². The second-order valence-electron chi connectivity index (χ2n) is 11.6. The Hall–Kier alpha value is -3.99. The number of carbonyl (C=O) groups excluding carboxylic acids is 2. The molecule has 11 heteroatoms. The maximum Gasteiger partial charge on any atom is 0.254 e. The van der Waals surface area contributed by atoms with E-state index in [9.17, 15) is 14.0 Å². The minimum atomic E-state index is -0.432. The van der Waals surface area contributed by atoms with Crippen LogP contribution in [0.2, 0.25) is 5.15 Å². The van der Waals surface area contributed by atoms with Crippen LogP contribution in [-0.4, -0.2) is 94.1 Å². The normalized spacial score (nSPS) is 17.4. The Bertz CT molecular complexity index is 1620. The second kappa shape index (κ2) is 14.6. The van der Waals surface area contributed by atoms with E-state index in [-0.39, 0.29) is 29.7 Å². The monoisotopic (exact) mass is 658 g/mol. The fourth-order valence-electron chi connectivity index (χ4n) is 6.20. The van der Waals surface area contributed by atoms with Gasteiger partial charge in [0, 0.05) is 63.5 Å². The van der Waals surface area contributed by atoms with Crippen LogP contribution in [0.15, 0.2) is 96.2 Å². The molecular weight excluding hydrogens is 623 g/mol.